The van der Waals surface area contributed by atoms with E-state index in [4.69, 9.17) is 5.73 Å². The molecule has 0 radical (unpaired) electrons. The molecule has 0 aromatic carbocycles. The molecule has 1 fully saturated rings. The fourth-order valence-electron chi connectivity index (χ4n) is 1.34. The van der Waals surface area contributed by atoms with E-state index in [2.05, 4.69) is 0 Å². The van der Waals surface area contributed by atoms with Crippen LogP contribution in [0, 0.1) is 0 Å². The second-order valence-electron chi connectivity index (χ2n) is 3.27. The first-order valence-corrected chi connectivity index (χ1v) is 3.60. The zero-order chi connectivity index (χ0) is 6.91. The molecular weight excluding hydrogens is 114 g/mol. The fourth-order valence-corrected chi connectivity index (χ4v) is 1.34. The fraction of sp³-hybridized carbons (Fsp3) is 1.00. The Balaban J connectivity index is 2.49. The molecule has 0 saturated heterocycles. The van der Waals surface area contributed by atoms with Crippen molar-refractivity contribution < 1.29 is 5.11 Å². The molecule has 0 bridgehead atoms. The summed E-state index contributed by atoms with van der Waals surface area (Å²) in [5.74, 6) is 0. The third-order valence-electron chi connectivity index (χ3n) is 2.20. The molecular formula is C7H15NO. The van der Waals surface area contributed by atoms with Gasteiger partial charge in [-0.2, -0.15) is 0 Å². The van der Waals surface area contributed by atoms with Crippen LogP contribution in [0.3, 0.4) is 0 Å². The summed E-state index contributed by atoms with van der Waals surface area (Å²) in [5.41, 5.74) is 5.46. The highest BCUT2D eigenvalue weighted by Crippen LogP contribution is 2.25. The summed E-state index contributed by atoms with van der Waals surface area (Å²) in [6.07, 6.45) is 3.88. The van der Waals surface area contributed by atoms with Gasteiger partial charge < -0.3 is 10.8 Å². The molecule has 2 heteroatoms. The molecule has 9 heavy (non-hydrogen) atoms. The molecule has 1 aliphatic carbocycles. The predicted octanol–water partition coefficient (Wildman–Crippen LogP) is 0.639. The van der Waals surface area contributed by atoms with Crippen molar-refractivity contribution in [3.8, 4) is 0 Å². The lowest BCUT2D eigenvalue weighted by molar-refractivity contribution is 0.0571. The normalized spacial score (nSPS) is 45.0. The van der Waals surface area contributed by atoms with E-state index in [1.54, 1.807) is 0 Å². The molecule has 1 aliphatic rings. The van der Waals surface area contributed by atoms with Crippen molar-refractivity contribution in [2.75, 3.05) is 0 Å². The van der Waals surface area contributed by atoms with Crippen LogP contribution in [0.15, 0.2) is 0 Å². The van der Waals surface area contributed by atoms with Crippen molar-refractivity contribution in [1.82, 2.24) is 0 Å². The van der Waals surface area contributed by atoms with Gasteiger partial charge in [-0.1, -0.05) is 12.8 Å². The van der Waals surface area contributed by atoms with E-state index in [0.29, 0.717) is 0 Å². The van der Waals surface area contributed by atoms with Gasteiger partial charge in [-0.3, -0.25) is 0 Å². The molecule has 0 heterocycles. The number of hydrogen-bond acceptors (Lipinski definition) is 2. The average molecular weight is 129 g/mol. The molecule has 1 saturated carbocycles. The van der Waals surface area contributed by atoms with Crippen LogP contribution in [0.4, 0.5) is 0 Å². The first-order valence-electron chi connectivity index (χ1n) is 3.60. The van der Waals surface area contributed by atoms with Gasteiger partial charge in [-0.25, -0.2) is 0 Å². The SMILES string of the molecule is CC1(N)CCCCC1O. The molecule has 0 aromatic heterocycles. The van der Waals surface area contributed by atoms with Gasteiger partial charge >= 0.3 is 0 Å². The van der Waals surface area contributed by atoms with E-state index in [9.17, 15) is 5.11 Å². The van der Waals surface area contributed by atoms with Crippen molar-refractivity contribution in [2.24, 2.45) is 5.73 Å². The van der Waals surface area contributed by atoms with Crippen molar-refractivity contribution in [1.29, 1.82) is 0 Å². The summed E-state index contributed by atoms with van der Waals surface area (Å²) in [6, 6.07) is 0. The zero-order valence-corrected chi connectivity index (χ0v) is 5.93. The van der Waals surface area contributed by atoms with Crippen LogP contribution in [-0.2, 0) is 0 Å². The van der Waals surface area contributed by atoms with Gasteiger partial charge in [0.05, 0.1) is 6.10 Å². The summed E-state index contributed by atoms with van der Waals surface area (Å²) in [6.45, 7) is 1.93. The second kappa shape index (κ2) is 2.27. The summed E-state index contributed by atoms with van der Waals surface area (Å²) in [4.78, 5) is 0. The van der Waals surface area contributed by atoms with Gasteiger partial charge in [0.25, 0.3) is 0 Å². The smallest absolute Gasteiger partial charge is 0.0716 e. The minimum Gasteiger partial charge on any atom is -0.391 e. The molecule has 0 spiro atoms. The van der Waals surface area contributed by atoms with Crippen LogP contribution >= 0.6 is 0 Å². The average Bonchev–Trinajstić information content (AvgIpc) is 1.77. The molecule has 0 aliphatic heterocycles. The molecule has 0 amide bonds. The Morgan fingerprint density at radius 2 is 2.22 bits per heavy atom. The van der Waals surface area contributed by atoms with E-state index in [1.165, 1.54) is 6.42 Å². The van der Waals surface area contributed by atoms with E-state index in [-0.39, 0.29) is 11.6 Å². The monoisotopic (exact) mass is 129 g/mol. The highest BCUT2D eigenvalue weighted by Gasteiger charge is 2.30. The van der Waals surface area contributed by atoms with Gasteiger partial charge in [0.2, 0.25) is 0 Å². The van der Waals surface area contributed by atoms with E-state index in [0.717, 1.165) is 19.3 Å². The van der Waals surface area contributed by atoms with Crippen LogP contribution in [0.2, 0.25) is 0 Å². The van der Waals surface area contributed by atoms with E-state index in [1.807, 2.05) is 6.92 Å². The second-order valence-corrected chi connectivity index (χ2v) is 3.27. The third-order valence-corrected chi connectivity index (χ3v) is 2.20. The summed E-state index contributed by atoms with van der Waals surface area (Å²) < 4.78 is 0. The van der Waals surface area contributed by atoms with Crippen LogP contribution in [0.5, 0.6) is 0 Å². The van der Waals surface area contributed by atoms with Gasteiger partial charge in [0.1, 0.15) is 0 Å². The van der Waals surface area contributed by atoms with Crippen molar-refractivity contribution in [3.63, 3.8) is 0 Å². The minimum atomic E-state index is -0.307. The quantitative estimate of drug-likeness (QED) is 0.504. The summed E-state index contributed by atoms with van der Waals surface area (Å²) in [7, 11) is 0. The van der Waals surface area contributed by atoms with Crippen LogP contribution in [0.25, 0.3) is 0 Å². The molecule has 3 N–H and O–H groups in total. The lowest BCUT2D eigenvalue weighted by atomic mass is 9.82. The first kappa shape index (κ1) is 7.03. The molecule has 2 atom stereocenters. The maximum atomic E-state index is 9.31. The van der Waals surface area contributed by atoms with E-state index < -0.39 is 0 Å². The van der Waals surface area contributed by atoms with Crippen LogP contribution < -0.4 is 5.73 Å². The third kappa shape index (κ3) is 1.43. The molecule has 0 aromatic rings. The molecule has 2 nitrogen and oxygen atoms in total. The van der Waals surface area contributed by atoms with Gasteiger partial charge in [0, 0.05) is 5.54 Å². The Bertz CT molecular complexity index is 101. The largest absolute Gasteiger partial charge is 0.391 e. The number of aliphatic hydroxyl groups excluding tert-OH is 1. The van der Waals surface area contributed by atoms with E-state index >= 15 is 0 Å². The van der Waals surface area contributed by atoms with Crippen LogP contribution in [-0.4, -0.2) is 16.7 Å². The van der Waals surface area contributed by atoms with Crippen LogP contribution in [0.1, 0.15) is 32.6 Å². The highest BCUT2D eigenvalue weighted by atomic mass is 16.3. The summed E-state index contributed by atoms with van der Waals surface area (Å²) >= 11 is 0. The first-order chi connectivity index (χ1) is 4.13. The Hall–Kier alpha value is -0.0800. The van der Waals surface area contributed by atoms with Gasteiger partial charge in [0.15, 0.2) is 0 Å². The van der Waals surface area contributed by atoms with Gasteiger partial charge in [-0.15, -0.1) is 0 Å². The Morgan fingerprint density at radius 3 is 2.56 bits per heavy atom. The number of rotatable bonds is 0. The van der Waals surface area contributed by atoms with Gasteiger partial charge in [-0.05, 0) is 19.8 Å². The lowest BCUT2D eigenvalue weighted by Crippen LogP contribution is -2.49. The molecule has 2 unspecified atom stereocenters. The Kier molecular flexibility index (Phi) is 1.78. The molecule has 54 valence electrons. The maximum absolute atomic E-state index is 9.31. The van der Waals surface area contributed by atoms with Crippen molar-refractivity contribution in [3.05, 3.63) is 0 Å². The predicted molar refractivity (Wildman–Crippen MR) is 37.1 cm³/mol. The topological polar surface area (TPSA) is 46.2 Å². The lowest BCUT2D eigenvalue weighted by Gasteiger charge is -2.34. The highest BCUT2D eigenvalue weighted by molar-refractivity contribution is 4.89. The Labute approximate surface area is 56.1 Å². The summed E-state index contributed by atoms with van der Waals surface area (Å²) in [5, 5.41) is 9.31. The Morgan fingerprint density at radius 1 is 1.56 bits per heavy atom. The minimum absolute atomic E-state index is 0.272. The number of nitrogens with two attached hydrogens (primary N) is 1. The maximum Gasteiger partial charge on any atom is 0.0716 e. The standard InChI is InChI=1S/C7H15NO/c1-7(8)5-3-2-4-6(7)9/h6,9H,2-5,8H2,1H3. The zero-order valence-electron chi connectivity index (χ0n) is 5.93. The number of hydrogen-bond donors (Lipinski definition) is 2. The van der Waals surface area contributed by atoms with Crippen molar-refractivity contribution in [2.45, 2.75) is 44.2 Å². The van der Waals surface area contributed by atoms with Crippen molar-refractivity contribution >= 4 is 0 Å². The molecule has 1 rings (SSSR count). The number of aliphatic hydroxyl groups is 1.